The molecule has 0 radical (unpaired) electrons. The number of benzene rings is 2. The first kappa shape index (κ1) is 17.8. The predicted octanol–water partition coefficient (Wildman–Crippen LogP) is 3.59. The van der Waals surface area contributed by atoms with Crippen LogP contribution < -0.4 is 10.2 Å². The van der Waals surface area contributed by atoms with Gasteiger partial charge < -0.3 is 5.32 Å². The minimum atomic E-state index is -0.419. The molecular formula is C21H16FN3O3. The van der Waals surface area contributed by atoms with E-state index in [-0.39, 0.29) is 30.6 Å². The van der Waals surface area contributed by atoms with Crippen molar-refractivity contribution < 1.29 is 18.8 Å². The SMILES string of the molecule is Cc1cc(NC(=O)c2ccc(N3C(=O)CCC3=O)cc2)c2cc(F)ccc2n1. The van der Waals surface area contributed by atoms with Crippen LogP contribution in [0.4, 0.5) is 15.8 Å². The van der Waals surface area contributed by atoms with Crippen LogP contribution in [0.25, 0.3) is 10.9 Å². The molecule has 1 N–H and O–H groups in total. The van der Waals surface area contributed by atoms with Crippen LogP contribution in [0.2, 0.25) is 0 Å². The number of nitrogens with one attached hydrogen (secondary N) is 1. The van der Waals surface area contributed by atoms with Gasteiger partial charge in [0.1, 0.15) is 5.82 Å². The van der Waals surface area contributed by atoms with Crippen LogP contribution in [0.1, 0.15) is 28.9 Å². The molecule has 6 nitrogen and oxygen atoms in total. The van der Waals surface area contributed by atoms with Crippen molar-refractivity contribution in [3.63, 3.8) is 0 Å². The number of fused-ring (bicyclic) bond motifs is 1. The van der Waals surface area contributed by atoms with Crippen molar-refractivity contribution in [3.8, 4) is 0 Å². The van der Waals surface area contributed by atoms with Gasteiger partial charge in [-0.1, -0.05) is 0 Å². The smallest absolute Gasteiger partial charge is 0.255 e. The van der Waals surface area contributed by atoms with Crippen LogP contribution in [-0.2, 0) is 9.59 Å². The van der Waals surface area contributed by atoms with Gasteiger partial charge >= 0.3 is 0 Å². The maximum absolute atomic E-state index is 13.6. The van der Waals surface area contributed by atoms with Gasteiger partial charge in [0.05, 0.1) is 16.9 Å². The summed E-state index contributed by atoms with van der Waals surface area (Å²) in [6, 6.07) is 12.1. The van der Waals surface area contributed by atoms with Gasteiger partial charge in [-0.15, -0.1) is 0 Å². The Morgan fingerprint density at radius 2 is 1.71 bits per heavy atom. The fourth-order valence-corrected chi connectivity index (χ4v) is 3.25. The molecule has 0 saturated carbocycles. The van der Waals surface area contributed by atoms with E-state index in [1.54, 1.807) is 43.3 Å². The summed E-state index contributed by atoms with van der Waals surface area (Å²) in [4.78, 5) is 41.7. The predicted molar refractivity (Wildman–Crippen MR) is 103 cm³/mol. The quantitative estimate of drug-likeness (QED) is 0.708. The summed E-state index contributed by atoms with van der Waals surface area (Å²) < 4.78 is 13.6. The van der Waals surface area contributed by atoms with E-state index < -0.39 is 5.82 Å². The van der Waals surface area contributed by atoms with Crippen LogP contribution in [-0.4, -0.2) is 22.7 Å². The van der Waals surface area contributed by atoms with E-state index in [1.165, 1.54) is 12.1 Å². The second kappa shape index (κ2) is 6.84. The number of nitrogens with zero attached hydrogens (tertiary/aromatic N) is 2. The Kier molecular flexibility index (Phi) is 4.35. The molecular weight excluding hydrogens is 361 g/mol. The van der Waals surface area contributed by atoms with Crippen molar-refractivity contribution >= 4 is 40.0 Å². The molecule has 1 fully saturated rings. The van der Waals surface area contributed by atoms with E-state index in [2.05, 4.69) is 10.3 Å². The molecule has 0 bridgehead atoms. The molecule has 28 heavy (non-hydrogen) atoms. The topological polar surface area (TPSA) is 79.4 Å². The summed E-state index contributed by atoms with van der Waals surface area (Å²) in [6.45, 7) is 1.79. The number of hydrogen-bond donors (Lipinski definition) is 1. The summed E-state index contributed by atoms with van der Waals surface area (Å²) >= 11 is 0. The van der Waals surface area contributed by atoms with Gasteiger partial charge in [-0.05, 0) is 55.5 Å². The summed E-state index contributed by atoms with van der Waals surface area (Å²) in [5, 5.41) is 3.29. The first-order valence-electron chi connectivity index (χ1n) is 8.76. The first-order chi connectivity index (χ1) is 13.4. The fraction of sp³-hybridized carbons (Fsp3) is 0.143. The van der Waals surface area contributed by atoms with E-state index >= 15 is 0 Å². The number of rotatable bonds is 3. The summed E-state index contributed by atoms with van der Waals surface area (Å²) in [5.41, 5.74) is 2.52. The largest absolute Gasteiger partial charge is 0.321 e. The normalized spacial score (nSPS) is 14.0. The van der Waals surface area contributed by atoms with E-state index in [9.17, 15) is 18.8 Å². The second-order valence-electron chi connectivity index (χ2n) is 6.60. The number of amides is 3. The van der Waals surface area contributed by atoms with Gasteiger partial charge in [0, 0.05) is 29.5 Å². The van der Waals surface area contributed by atoms with Crippen LogP contribution in [0, 0.1) is 12.7 Å². The number of aryl methyl sites for hydroxylation is 1. The van der Waals surface area contributed by atoms with E-state index in [0.29, 0.717) is 33.5 Å². The Bertz CT molecular complexity index is 1110. The lowest BCUT2D eigenvalue weighted by atomic mass is 10.1. The molecule has 0 unspecified atom stereocenters. The highest BCUT2D eigenvalue weighted by Crippen LogP contribution is 2.26. The average molecular weight is 377 g/mol. The Labute approximate surface area is 160 Å². The molecule has 3 aromatic rings. The molecule has 4 rings (SSSR count). The van der Waals surface area contributed by atoms with Crippen molar-refractivity contribution in [2.45, 2.75) is 19.8 Å². The lowest BCUT2D eigenvalue weighted by Crippen LogP contribution is -2.28. The molecule has 3 amide bonds. The van der Waals surface area contributed by atoms with Gasteiger partial charge in [-0.2, -0.15) is 0 Å². The van der Waals surface area contributed by atoms with Crippen LogP contribution in [0.3, 0.4) is 0 Å². The molecule has 1 aliphatic heterocycles. The zero-order valence-electron chi connectivity index (χ0n) is 15.0. The second-order valence-corrected chi connectivity index (χ2v) is 6.60. The van der Waals surface area contributed by atoms with Gasteiger partial charge in [-0.25, -0.2) is 4.39 Å². The van der Waals surface area contributed by atoms with Crippen molar-refractivity contribution in [1.29, 1.82) is 0 Å². The molecule has 140 valence electrons. The van der Waals surface area contributed by atoms with Crippen molar-refractivity contribution in [2.24, 2.45) is 0 Å². The monoisotopic (exact) mass is 377 g/mol. The van der Waals surface area contributed by atoms with E-state index in [1.807, 2.05) is 0 Å². The zero-order valence-corrected chi connectivity index (χ0v) is 15.0. The standard InChI is InChI=1S/C21H16FN3O3/c1-12-10-18(16-11-14(22)4-7-17(16)23-12)24-21(28)13-2-5-15(6-3-13)25-19(26)8-9-20(25)27/h2-7,10-11H,8-9H2,1H3,(H,23,24,28). The van der Waals surface area contributed by atoms with Crippen LogP contribution >= 0.6 is 0 Å². The Morgan fingerprint density at radius 3 is 2.39 bits per heavy atom. The molecule has 2 aromatic carbocycles. The molecule has 7 heteroatoms. The number of carbonyl (C=O) groups is 3. The van der Waals surface area contributed by atoms with Gasteiger partial charge in [0.25, 0.3) is 5.91 Å². The number of halogens is 1. The Morgan fingerprint density at radius 1 is 1.04 bits per heavy atom. The lowest BCUT2D eigenvalue weighted by Gasteiger charge is -2.14. The molecule has 1 saturated heterocycles. The highest BCUT2D eigenvalue weighted by molar-refractivity contribution is 6.20. The number of anilines is 2. The molecule has 0 spiro atoms. The Balaban J connectivity index is 1.61. The highest BCUT2D eigenvalue weighted by Gasteiger charge is 2.30. The van der Waals surface area contributed by atoms with Crippen LogP contribution in [0.5, 0.6) is 0 Å². The molecule has 2 heterocycles. The third-order valence-electron chi connectivity index (χ3n) is 4.59. The highest BCUT2D eigenvalue weighted by atomic mass is 19.1. The van der Waals surface area contributed by atoms with Crippen molar-refractivity contribution in [1.82, 2.24) is 4.98 Å². The summed E-state index contributed by atoms with van der Waals surface area (Å²) in [5.74, 6) is -1.30. The zero-order chi connectivity index (χ0) is 19.8. The Hall–Kier alpha value is -3.61. The number of aromatic nitrogens is 1. The minimum Gasteiger partial charge on any atom is -0.321 e. The van der Waals surface area contributed by atoms with Crippen LogP contribution in [0.15, 0.2) is 48.5 Å². The third kappa shape index (κ3) is 3.22. The lowest BCUT2D eigenvalue weighted by molar-refractivity contribution is -0.121. The van der Waals surface area contributed by atoms with Crippen molar-refractivity contribution in [3.05, 3.63) is 65.6 Å². The number of pyridine rings is 1. The summed E-state index contributed by atoms with van der Waals surface area (Å²) in [6.07, 6.45) is 0.401. The number of carbonyl (C=O) groups excluding carboxylic acids is 3. The average Bonchev–Trinajstić information content (AvgIpc) is 3.00. The van der Waals surface area contributed by atoms with Gasteiger partial charge in [0.2, 0.25) is 11.8 Å². The van der Waals surface area contributed by atoms with Crippen molar-refractivity contribution in [2.75, 3.05) is 10.2 Å². The minimum absolute atomic E-state index is 0.200. The first-order valence-corrected chi connectivity index (χ1v) is 8.76. The number of hydrogen-bond acceptors (Lipinski definition) is 4. The molecule has 1 aliphatic rings. The van der Waals surface area contributed by atoms with E-state index in [0.717, 1.165) is 4.90 Å². The number of imide groups is 1. The van der Waals surface area contributed by atoms with Gasteiger partial charge in [0.15, 0.2) is 0 Å². The van der Waals surface area contributed by atoms with Gasteiger partial charge in [-0.3, -0.25) is 24.3 Å². The molecule has 0 aliphatic carbocycles. The third-order valence-corrected chi connectivity index (χ3v) is 4.59. The maximum atomic E-state index is 13.6. The molecule has 0 atom stereocenters. The summed E-state index contributed by atoms with van der Waals surface area (Å²) in [7, 11) is 0. The maximum Gasteiger partial charge on any atom is 0.255 e. The molecule has 1 aromatic heterocycles. The van der Waals surface area contributed by atoms with E-state index in [4.69, 9.17) is 0 Å². The fourth-order valence-electron chi connectivity index (χ4n) is 3.25.